The number of piperidine rings is 1. The average molecular weight is 435 g/mol. The van der Waals surface area contributed by atoms with Crippen LogP contribution in [-0.4, -0.2) is 38.3 Å². The maximum atomic E-state index is 13.8. The summed E-state index contributed by atoms with van der Waals surface area (Å²) in [6.07, 6.45) is 0.880. The van der Waals surface area contributed by atoms with Crippen LogP contribution < -0.4 is 10.1 Å². The summed E-state index contributed by atoms with van der Waals surface area (Å²) < 4.78 is 46.0. The lowest BCUT2D eigenvalue weighted by atomic mass is 9.97. The molecule has 0 unspecified atom stereocenters. The van der Waals surface area contributed by atoms with Gasteiger partial charge >= 0.3 is 0 Å². The molecule has 0 radical (unpaired) electrons. The van der Waals surface area contributed by atoms with Crippen molar-refractivity contribution in [2.45, 2.75) is 32.1 Å². The number of benzene rings is 2. The van der Waals surface area contributed by atoms with Gasteiger partial charge in [0.1, 0.15) is 11.6 Å². The SMILES string of the molecule is CCOc1ccccc1CNC(=O)C1CCN(S(=O)(=O)Cc2ccccc2F)CC1. The molecule has 1 aliphatic rings. The summed E-state index contributed by atoms with van der Waals surface area (Å²) in [5.74, 6) is -0.487. The number of hydrogen-bond acceptors (Lipinski definition) is 4. The van der Waals surface area contributed by atoms with Gasteiger partial charge in [-0.25, -0.2) is 17.1 Å². The fourth-order valence-corrected chi connectivity index (χ4v) is 5.15. The molecular weight excluding hydrogens is 407 g/mol. The molecule has 8 heteroatoms. The van der Waals surface area contributed by atoms with E-state index in [1.165, 1.54) is 22.5 Å². The van der Waals surface area contributed by atoms with E-state index in [9.17, 15) is 17.6 Å². The van der Waals surface area contributed by atoms with Crippen LogP contribution in [0.15, 0.2) is 48.5 Å². The number of sulfonamides is 1. The van der Waals surface area contributed by atoms with Crippen LogP contribution in [0.5, 0.6) is 5.75 Å². The minimum Gasteiger partial charge on any atom is -0.494 e. The van der Waals surface area contributed by atoms with E-state index in [-0.39, 0.29) is 36.2 Å². The fourth-order valence-electron chi connectivity index (χ4n) is 3.57. The number of nitrogens with one attached hydrogen (secondary N) is 1. The van der Waals surface area contributed by atoms with E-state index in [0.29, 0.717) is 26.0 Å². The van der Waals surface area contributed by atoms with Crippen LogP contribution >= 0.6 is 0 Å². The summed E-state index contributed by atoms with van der Waals surface area (Å²) in [6.45, 7) is 3.32. The predicted octanol–water partition coefficient (Wildman–Crippen LogP) is 3.08. The first-order valence-electron chi connectivity index (χ1n) is 10.1. The molecule has 1 fully saturated rings. The third-order valence-corrected chi connectivity index (χ3v) is 7.07. The second-order valence-corrected chi connectivity index (χ2v) is 9.25. The Hall–Kier alpha value is -2.45. The highest BCUT2D eigenvalue weighted by atomic mass is 32.2. The number of carbonyl (C=O) groups excluding carboxylic acids is 1. The van der Waals surface area contributed by atoms with E-state index in [0.717, 1.165) is 11.3 Å². The quantitative estimate of drug-likeness (QED) is 0.693. The first-order valence-corrected chi connectivity index (χ1v) is 11.7. The average Bonchev–Trinajstić information content (AvgIpc) is 2.75. The molecule has 30 heavy (non-hydrogen) atoms. The number of hydrogen-bond donors (Lipinski definition) is 1. The van der Waals surface area contributed by atoms with Crippen molar-refractivity contribution in [3.63, 3.8) is 0 Å². The number of ether oxygens (including phenoxy) is 1. The Bertz CT molecular complexity index is 973. The van der Waals surface area contributed by atoms with E-state index in [1.54, 1.807) is 6.07 Å². The maximum absolute atomic E-state index is 13.8. The zero-order valence-corrected chi connectivity index (χ0v) is 17.8. The number of halogens is 1. The minimum atomic E-state index is -3.63. The van der Waals surface area contributed by atoms with Gasteiger partial charge in [-0.1, -0.05) is 36.4 Å². The summed E-state index contributed by atoms with van der Waals surface area (Å²) in [7, 11) is -3.63. The summed E-state index contributed by atoms with van der Waals surface area (Å²) in [5.41, 5.74) is 1.06. The third kappa shape index (κ3) is 5.58. The van der Waals surface area contributed by atoms with E-state index in [4.69, 9.17) is 4.74 Å². The summed E-state index contributed by atoms with van der Waals surface area (Å²) in [5, 5.41) is 2.93. The standard InChI is InChI=1S/C22H27FN2O4S/c1-2-29-21-10-6-4-7-18(21)15-24-22(26)17-11-13-25(14-12-17)30(27,28)16-19-8-3-5-9-20(19)23/h3-10,17H,2,11-16H2,1H3,(H,24,26). The molecule has 2 aromatic rings. The van der Waals surface area contributed by atoms with E-state index >= 15 is 0 Å². The molecule has 2 aromatic carbocycles. The van der Waals surface area contributed by atoms with Gasteiger partial charge in [-0.05, 0) is 31.9 Å². The second kappa shape index (κ2) is 10.0. The first-order chi connectivity index (χ1) is 14.4. The maximum Gasteiger partial charge on any atom is 0.223 e. The zero-order valence-electron chi connectivity index (χ0n) is 17.0. The molecule has 0 saturated carbocycles. The predicted molar refractivity (Wildman–Crippen MR) is 113 cm³/mol. The Morgan fingerprint density at radius 3 is 2.40 bits per heavy atom. The normalized spacial score (nSPS) is 15.7. The molecule has 0 aliphatic carbocycles. The lowest BCUT2D eigenvalue weighted by Gasteiger charge is -2.30. The van der Waals surface area contributed by atoms with Crippen molar-refractivity contribution in [1.82, 2.24) is 9.62 Å². The van der Waals surface area contributed by atoms with E-state index in [2.05, 4.69) is 5.32 Å². The third-order valence-electron chi connectivity index (χ3n) is 5.24. The van der Waals surface area contributed by atoms with Crippen LogP contribution in [0.2, 0.25) is 0 Å². The van der Waals surface area contributed by atoms with E-state index in [1.807, 2.05) is 31.2 Å². The molecule has 0 bridgehead atoms. The minimum absolute atomic E-state index is 0.0903. The molecule has 1 N–H and O–H groups in total. The molecule has 1 aliphatic heterocycles. The van der Waals surface area contributed by atoms with Crippen molar-refractivity contribution >= 4 is 15.9 Å². The van der Waals surface area contributed by atoms with Gasteiger partial charge in [0.15, 0.2) is 0 Å². The lowest BCUT2D eigenvalue weighted by Crippen LogP contribution is -2.43. The van der Waals surface area contributed by atoms with Crippen LogP contribution in [0.1, 0.15) is 30.9 Å². The zero-order chi connectivity index (χ0) is 21.6. The highest BCUT2D eigenvalue weighted by Crippen LogP contribution is 2.23. The Labute approximate surface area is 177 Å². The van der Waals surface area contributed by atoms with Crippen LogP contribution in [-0.2, 0) is 27.1 Å². The van der Waals surface area contributed by atoms with Gasteiger partial charge in [-0.15, -0.1) is 0 Å². The molecule has 1 heterocycles. The largest absolute Gasteiger partial charge is 0.494 e. The van der Waals surface area contributed by atoms with Crippen LogP contribution in [0.4, 0.5) is 4.39 Å². The topological polar surface area (TPSA) is 75.7 Å². The van der Waals surface area contributed by atoms with E-state index < -0.39 is 15.8 Å². The van der Waals surface area contributed by atoms with Gasteiger partial charge in [-0.2, -0.15) is 0 Å². The van der Waals surface area contributed by atoms with Crippen molar-refractivity contribution in [3.05, 3.63) is 65.5 Å². The first kappa shape index (κ1) is 22.2. The molecule has 0 aromatic heterocycles. The number of carbonyl (C=O) groups is 1. The van der Waals surface area contributed by atoms with Gasteiger partial charge in [0, 0.05) is 36.7 Å². The molecule has 1 amide bonds. The fraction of sp³-hybridized carbons (Fsp3) is 0.409. The van der Waals surface area contributed by atoms with Gasteiger partial charge in [0.25, 0.3) is 0 Å². The lowest BCUT2D eigenvalue weighted by molar-refractivity contribution is -0.126. The van der Waals surface area contributed by atoms with Gasteiger partial charge in [-0.3, -0.25) is 4.79 Å². The van der Waals surface area contributed by atoms with Crippen molar-refractivity contribution in [2.24, 2.45) is 5.92 Å². The Kier molecular flexibility index (Phi) is 7.44. The number of nitrogens with zero attached hydrogens (tertiary/aromatic N) is 1. The molecule has 1 saturated heterocycles. The highest BCUT2D eigenvalue weighted by molar-refractivity contribution is 7.88. The second-order valence-electron chi connectivity index (χ2n) is 7.28. The van der Waals surface area contributed by atoms with Crippen molar-refractivity contribution in [1.29, 1.82) is 0 Å². The molecular formula is C22H27FN2O4S. The Morgan fingerprint density at radius 2 is 1.73 bits per heavy atom. The van der Waals surface area contributed by atoms with Crippen LogP contribution in [0, 0.1) is 11.7 Å². The van der Waals surface area contributed by atoms with Gasteiger partial charge in [0.2, 0.25) is 15.9 Å². The summed E-state index contributed by atoms with van der Waals surface area (Å²) >= 11 is 0. The molecule has 0 spiro atoms. The smallest absolute Gasteiger partial charge is 0.223 e. The monoisotopic (exact) mass is 434 g/mol. The number of rotatable bonds is 8. The van der Waals surface area contributed by atoms with Crippen LogP contribution in [0.25, 0.3) is 0 Å². The van der Waals surface area contributed by atoms with Gasteiger partial charge in [0.05, 0.1) is 12.4 Å². The van der Waals surface area contributed by atoms with Crippen molar-refractivity contribution in [2.75, 3.05) is 19.7 Å². The molecule has 3 rings (SSSR count). The molecule has 0 atom stereocenters. The summed E-state index contributed by atoms with van der Waals surface area (Å²) in [4.78, 5) is 12.6. The Balaban J connectivity index is 1.52. The molecule has 162 valence electrons. The summed E-state index contributed by atoms with van der Waals surface area (Å²) in [6, 6.07) is 13.4. The number of amides is 1. The molecule has 6 nitrogen and oxygen atoms in total. The van der Waals surface area contributed by atoms with Crippen molar-refractivity contribution < 1.29 is 22.3 Å². The Morgan fingerprint density at radius 1 is 1.10 bits per heavy atom. The van der Waals surface area contributed by atoms with Gasteiger partial charge < -0.3 is 10.1 Å². The number of para-hydroxylation sites is 1. The van der Waals surface area contributed by atoms with Crippen LogP contribution in [0.3, 0.4) is 0 Å². The van der Waals surface area contributed by atoms with Crippen molar-refractivity contribution in [3.8, 4) is 5.75 Å². The highest BCUT2D eigenvalue weighted by Gasteiger charge is 2.31.